The molecule has 20 heavy (non-hydrogen) atoms. The van der Waals surface area contributed by atoms with Crippen LogP contribution >= 0.6 is 0 Å². The topological polar surface area (TPSA) is 24.5 Å². The second kappa shape index (κ2) is 6.59. The highest BCUT2D eigenvalue weighted by Crippen LogP contribution is 2.26. The minimum Gasteiger partial charge on any atom is -0.496 e. The first-order valence-electron chi connectivity index (χ1n) is 7.94. The van der Waals surface area contributed by atoms with Gasteiger partial charge >= 0.3 is 0 Å². The molecule has 0 saturated carbocycles. The molecule has 1 fully saturated rings. The third-order valence-corrected chi connectivity index (χ3v) is 4.74. The molecule has 3 heteroatoms. The minimum absolute atomic E-state index is 0.840. The molecular weight excluding hydrogens is 248 g/mol. The summed E-state index contributed by atoms with van der Waals surface area (Å²) in [6, 6.07) is 6.49. The van der Waals surface area contributed by atoms with Gasteiger partial charge in [-0.25, -0.2) is 0 Å². The summed E-state index contributed by atoms with van der Waals surface area (Å²) >= 11 is 0. The van der Waals surface area contributed by atoms with E-state index in [1.165, 1.54) is 56.7 Å². The lowest BCUT2D eigenvalue weighted by Crippen LogP contribution is -2.39. The van der Waals surface area contributed by atoms with Crippen LogP contribution in [0.4, 0.5) is 0 Å². The third kappa shape index (κ3) is 3.15. The van der Waals surface area contributed by atoms with E-state index in [2.05, 4.69) is 28.4 Å². The highest BCUT2D eigenvalue weighted by atomic mass is 16.5. The first-order chi connectivity index (χ1) is 9.86. The van der Waals surface area contributed by atoms with Gasteiger partial charge in [-0.2, -0.15) is 0 Å². The molecule has 110 valence electrons. The molecule has 1 unspecified atom stereocenters. The van der Waals surface area contributed by atoms with Crippen LogP contribution in [0.3, 0.4) is 0 Å². The van der Waals surface area contributed by atoms with Gasteiger partial charge in [-0.15, -0.1) is 0 Å². The molecule has 2 aliphatic heterocycles. The van der Waals surface area contributed by atoms with Gasteiger partial charge in [0.15, 0.2) is 0 Å². The van der Waals surface area contributed by atoms with Gasteiger partial charge in [0.1, 0.15) is 5.75 Å². The number of nitrogens with one attached hydrogen (secondary N) is 1. The van der Waals surface area contributed by atoms with E-state index in [4.69, 9.17) is 4.74 Å². The van der Waals surface area contributed by atoms with Crippen molar-refractivity contribution in [2.24, 2.45) is 5.92 Å². The molecule has 0 spiro atoms. The number of rotatable bonds is 3. The normalized spacial score (nSPS) is 23.9. The van der Waals surface area contributed by atoms with E-state index >= 15 is 0 Å². The molecule has 0 amide bonds. The van der Waals surface area contributed by atoms with Gasteiger partial charge < -0.3 is 15.0 Å². The Kier molecular flexibility index (Phi) is 4.58. The molecular formula is C17H26N2O. The van der Waals surface area contributed by atoms with E-state index < -0.39 is 0 Å². The van der Waals surface area contributed by atoms with Crippen LogP contribution in [0, 0.1) is 5.92 Å². The zero-order chi connectivity index (χ0) is 13.8. The number of nitrogens with zero attached hydrogens (tertiary/aromatic N) is 1. The van der Waals surface area contributed by atoms with Gasteiger partial charge in [0.05, 0.1) is 7.11 Å². The van der Waals surface area contributed by atoms with Crippen molar-refractivity contribution >= 4 is 0 Å². The van der Waals surface area contributed by atoms with Crippen LogP contribution in [0.1, 0.15) is 24.0 Å². The van der Waals surface area contributed by atoms with Crippen molar-refractivity contribution in [3.63, 3.8) is 0 Å². The quantitative estimate of drug-likeness (QED) is 0.913. The van der Waals surface area contributed by atoms with E-state index in [1.54, 1.807) is 7.11 Å². The van der Waals surface area contributed by atoms with Crippen LogP contribution in [0.2, 0.25) is 0 Å². The highest BCUT2D eigenvalue weighted by molar-refractivity contribution is 5.41. The molecule has 0 aliphatic carbocycles. The highest BCUT2D eigenvalue weighted by Gasteiger charge is 2.20. The summed E-state index contributed by atoms with van der Waals surface area (Å²) in [6.45, 7) is 6.02. The maximum atomic E-state index is 5.52. The van der Waals surface area contributed by atoms with Gasteiger partial charge in [0, 0.05) is 19.6 Å². The van der Waals surface area contributed by atoms with E-state index in [1.807, 2.05) is 0 Å². The van der Waals surface area contributed by atoms with Crippen molar-refractivity contribution in [3.05, 3.63) is 29.3 Å². The first-order valence-corrected chi connectivity index (χ1v) is 7.94. The Hall–Kier alpha value is -1.06. The molecule has 2 aliphatic rings. The Morgan fingerprint density at radius 1 is 1.30 bits per heavy atom. The minimum atomic E-state index is 0.840. The van der Waals surface area contributed by atoms with Gasteiger partial charge in [-0.05, 0) is 61.9 Å². The summed E-state index contributed by atoms with van der Waals surface area (Å²) in [7, 11) is 1.78. The summed E-state index contributed by atoms with van der Waals surface area (Å²) in [5, 5.41) is 3.53. The standard InChI is InChI=1S/C17H26N2O/c1-20-17-6-2-5-15-7-10-19(11-8-16(15)17)13-14-4-3-9-18-12-14/h2,5-6,14,18H,3-4,7-13H2,1H3. The molecule has 1 aromatic carbocycles. The predicted octanol–water partition coefficient (Wildman–Crippen LogP) is 2.10. The molecule has 1 aromatic rings. The Morgan fingerprint density at radius 2 is 2.20 bits per heavy atom. The van der Waals surface area contributed by atoms with Gasteiger partial charge in [-0.3, -0.25) is 0 Å². The van der Waals surface area contributed by atoms with Crippen LogP contribution in [0.5, 0.6) is 5.75 Å². The summed E-state index contributed by atoms with van der Waals surface area (Å²) in [6.07, 6.45) is 5.01. The Labute approximate surface area is 122 Å². The first kappa shape index (κ1) is 13.9. The third-order valence-electron chi connectivity index (χ3n) is 4.74. The van der Waals surface area contributed by atoms with Crippen LogP contribution in [-0.4, -0.2) is 44.7 Å². The van der Waals surface area contributed by atoms with E-state index in [9.17, 15) is 0 Å². The molecule has 0 aromatic heterocycles. The van der Waals surface area contributed by atoms with Crippen LogP contribution in [-0.2, 0) is 12.8 Å². The lowest BCUT2D eigenvalue weighted by molar-refractivity contribution is 0.215. The van der Waals surface area contributed by atoms with E-state index in [-0.39, 0.29) is 0 Å². The van der Waals surface area contributed by atoms with Crippen LogP contribution in [0.15, 0.2) is 18.2 Å². The van der Waals surface area contributed by atoms with Crippen molar-refractivity contribution in [2.75, 3.05) is 39.8 Å². The number of methoxy groups -OCH3 is 1. The number of hydrogen-bond acceptors (Lipinski definition) is 3. The monoisotopic (exact) mass is 274 g/mol. The molecule has 0 radical (unpaired) electrons. The van der Waals surface area contributed by atoms with Gasteiger partial charge in [-0.1, -0.05) is 12.1 Å². The summed E-state index contributed by atoms with van der Waals surface area (Å²) in [5.74, 6) is 1.91. The Balaban J connectivity index is 1.63. The largest absolute Gasteiger partial charge is 0.496 e. The van der Waals surface area contributed by atoms with Crippen LogP contribution < -0.4 is 10.1 Å². The number of fused-ring (bicyclic) bond motifs is 1. The molecule has 2 heterocycles. The lowest BCUT2D eigenvalue weighted by Gasteiger charge is -2.29. The number of piperidine rings is 1. The number of ether oxygens (including phenoxy) is 1. The van der Waals surface area contributed by atoms with Crippen molar-refractivity contribution in [3.8, 4) is 5.75 Å². The molecule has 0 bridgehead atoms. The zero-order valence-electron chi connectivity index (χ0n) is 12.5. The lowest BCUT2D eigenvalue weighted by atomic mass is 9.99. The molecule has 1 N–H and O–H groups in total. The maximum Gasteiger partial charge on any atom is 0.122 e. The smallest absolute Gasteiger partial charge is 0.122 e. The van der Waals surface area contributed by atoms with Gasteiger partial charge in [0.25, 0.3) is 0 Å². The number of benzene rings is 1. The average molecular weight is 274 g/mol. The Morgan fingerprint density at radius 3 is 3.00 bits per heavy atom. The second-order valence-corrected chi connectivity index (χ2v) is 6.11. The molecule has 3 nitrogen and oxygen atoms in total. The summed E-state index contributed by atoms with van der Waals surface area (Å²) in [4.78, 5) is 2.65. The maximum absolute atomic E-state index is 5.52. The molecule has 3 rings (SSSR count). The van der Waals surface area contributed by atoms with E-state index in [0.29, 0.717) is 0 Å². The summed E-state index contributed by atoms with van der Waals surface area (Å²) < 4.78 is 5.52. The van der Waals surface area contributed by atoms with Crippen LogP contribution in [0.25, 0.3) is 0 Å². The molecule has 1 saturated heterocycles. The van der Waals surface area contributed by atoms with Crippen molar-refractivity contribution in [1.29, 1.82) is 0 Å². The fraction of sp³-hybridized carbons (Fsp3) is 0.647. The Bertz CT molecular complexity index is 441. The van der Waals surface area contributed by atoms with Crippen molar-refractivity contribution in [1.82, 2.24) is 10.2 Å². The predicted molar refractivity (Wildman–Crippen MR) is 82.4 cm³/mol. The zero-order valence-corrected chi connectivity index (χ0v) is 12.5. The van der Waals surface area contributed by atoms with Gasteiger partial charge in [0.2, 0.25) is 0 Å². The second-order valence-electron chi connectivity index (χ2n) is 6.11. The SMILES string of the molecule is COc1cccc2c1CCN(CC1CCCNC1)CC2. The average Bonchev–Trinajstić information content (AvgIpc) is 2.71. The van der Waals surface area contributed by atoms with E-state index in [0.717, 1.165) is 24.5 Å². The molecule has 1 atom stereocenters. The van der Waals surface area contributed by atoms with Crippen molar-refractivity contribution in [2.45, 2.75) is 25.7 Å². The fourth-order valence-electron chi connectivity index (χ4n) is 3.61. The number of hydrogen-bond donors (Lipinski definition) is 1. The summed E-state index contributed by atoms with van der Waals surface area (Å²) in [5.41, 5.74) is 2.91. The van der Waals surface area contributed by atoms with Crippen molar-refractivity contribution < 1.29 is 4.74 Å². The fourth-order valence-corrected chi connectivity index (χ4v) is 3.61.